The van der Waals surface area contributed by atoms with Crippen LogP contribution in [0.4, 0.5) is 0 Å². The van der Waals surface area contributed by atoms with Crippen LogP contribution in [0.1, 0.15) is 119 Å². The molecule has 0 aromatic carbocycles. The first-order chi connectivity index (χ1) is 10.6. The first-order valence-corrected chi connectivity index (χ1v) is 10.4. The molecule has 0 aromatic heterocycles. The molecule has 0 radical (unpaired) electrons. The van der Waals surface area contributed by atoms with E-state index in [1.807, 2.05) is 0 Å². The van der Waals surface area contributed by atoms with Gasteiger partial charge in [0.1, 0.15) is 0 Å². The van der Waals surface area contributed by atoms with Gasteiger partial charge < -0.3 is 5.73 Å². The largest absolute Gasteiger partial charge is 0.325 e. The van der Waals surface area contributed by atoms with E-state index in [4.69, 9.17) is 5.73 Å². The first-order valence-electron chi connectivity index (χ1n) is 10.4. The van der Waals surface area contributed by atoms with Gasteiger partial charge in [-0.05, 0) is 62.2 Å². The van der Waals surface area contributed by atoms with Crippen molar-refractivity contribution >= 4 is 0 Å². The summed E-state index contributed by atoms with van der Waals surface area (Å²) in [5.74, 6) is 0.800. The fraction of sp³-hybridized carbons (Fsp3) is 1.00. The third-order valence-corrected chi connectivity index (χ3v) is 6.86. The van der Waals surface area contributed by atoms with E-state index in [1.165, 1.54) is 77.0 Å². The number of nitrogens with two attached hydrogens (primary N) is 1. The molecule has 0 saturated heterocycles. The van der Waals surface area contributed by atoms with E-state index in [-0.39, 0.29) is 5.54 Å². The van der Waals surface area contributed by atoms with Crippen molar-refractivity contribution < 1.29 is 0 Å². The van der Waals surface area contributed by atoms with Gasteiger partial charge in [-0.2, -0.15) is 0 Å². The molecule has 23 heavy (non-hydrogen) atoms. The number of hydrogen-bond donors (Lipinski definition) is 1. The van der Waals surface area contributed by atoms with E-state index < -0.39 is 0 Å². The van der Waals surface area contributed by atoms with Crippen molar-refractivity contribution in [2.75, 3.05) is 0 Å². The standard InChI is InChI=1S/C22H45N/c1-19(2)21(5)14-10-7-9-13-20(3,4)17-18-22(6,23)16-12-8-11-15-21/h19H,7-18,23H2,1-6H3. The third kappa shape index (κ3) is 8.05. The molecule has 1 rings (SSSR count). The lowest BCUT2D eigenvalue weighted by molar-refractivity contribution is 0.167. The molecule has 2 atom stereocenters. The lowest BCUT2D eigenvalue weighted by Gasteiger charge is -2.34. The van der Waals surface area contributed by atoms with Crippen molar-refractivity contribution in [1.29, 1.82) is 0 Å². The summed E-state index contributed by atoms with van der Waals surface area (Å²) in [6.45, 7) is 14.5. The normalized spacial score (nSPS) is 35.5. The highest BCUT2D eigenvalue weighted by Gasteiger charge is 2.28. The minimum atomic E-state index is 0.0405. The molecule has 2 unspecified atom stereocenters. The summed E-state index contributed by atoms with van der Waals surface area (Å²) in [5.41, 5.74) is 7.63. The second-order valence-corrected chi connectivity index (χ2v) is 10.2. The molecule has 0 bridgehead atoms. The zero-order valence-corrected chi connectivity index (χ0v) is 17.1. The van der Waals surface area contributed by atoms with Gasteiger partial charge in [-0.25, -0.2) is 0 Å². The molecule has 0 aromatic rings. The van der Waals surface area contributed by atoms with Gasteiger partial charge in [-0.15, -0.1) is 0 Å². The Kier molecular flexibility index (Phi) is 8.11. The van der Waals surface area contributed by atoms with E-state index in [0.717, 1.165) is 5.92 Å². The first kappa shape index (κ1) is 21.0. The fourth-order valence-corrected chi connectivity index (χ4v) is 4.12. The maximum Gasteiger partial charge on any atom is 0.0126 e. The zero-order chi connectivity index (χ0) is 17.6. The van der Waals surface area contributed by atoms with Crippen molar-refractivity contribution in [3.8, 4) is 0 Å². The third-order valence-electron chi connectivity index (χ3n) is 6.86. The molecule has 2 N–H and O–H groups in total. The fourth-order valence-electron chi connectivity index (χ4n) is 4.12. The Morgan fingerprint density at radius 1 is 0.609 bits per heavy atom. The zero-order valence-electron chi connectivity index (χ0n) is 17.1. The summed E-state index contributed by atoms with van der Waals surface area (Å²) in [5, 5.41) is 0. The Morgan fingerprint density at radius 3 is 1.61 bits per heavy atom. The van der Waals surface area contributed by atoms with E-state index in [1.54, 1.807) is 0 Å². The minimum absolute atomic E-state index is 0.0405. The van der Waals surface area contributed by atoms with Crippen molar-refractivity contribution in [2.45, 2.75) is 124 Å². The van der Waals surface area contributed by atoms with Crippen molar-refractivity contribution in [3.05, 3.63) is 0 Å². The molecule has 1 fully saturated rings. The van der Waals surface area contributed by atoms with Gasteiger partial charge in [-0.3, -0.25) is 0 Å². The molecule has 0 spiro atoms. The van der Waals surface area contributed by atoms with Gasteiger partial charge in [-0.1, -0.05) is 73.1 Å². The van der Waals surface area contributed by atoms with Crippen LogP contribution in [0.15, 0.2) is 0 Å². The minimum Gasteiger partial charge on any atom is -0.325 e. The molecular weight excluding hydrogens is 278 g/mol. The van der Waals surface area contributed by atoms with Crippen LogP contribution in [-0.4, -0.2) is 5.54 Å². The Balaban J connectivity index is 2.66. The summed E-state index contributed by atoms with van der Waals surface area (Å²) in [4.78, 5) is 0. The quantitative estimate of drug-likeness (QED) is 0.547. The van der Waals surface area contributed by atoms with Crippen LogP contribution in [0, 0.1) is 16.7 Å². The number of rotatable bonds is 1. The lowest BCUT2D eigenvalue weighted by atomic mass is 9.71. The lowest BCUT2D eigenvalue weighted by Crippen LogP contribution is -2.37. The molecule has 138 valence electrons. The maximum atomic E-state index is 6.58. The molecule has 1 saturated carbocycles. The van der Waals surface area contributed by atoms with Gasteiger partial charge in [0.25, 0.3) is 0 Å². The van der Waals surface area contributed by atoms with Crippen LogP contribution in [0.3, 0.4) is 0 Å². The molecule has 1 nitrogen and oxygen atoms in total. The highest BCUT2D eigenvalue weighted by molar-refractivity contribution is 4.83. The van der Waals surface area contributed by atoms with Gasteiger partial charge in [0, 0.05) is 5.54 Å². The predicted octanol–water partition coefficient (Wildman–Crippen LogP) is 7.09. The van der Waals surface area contributed by atoms with Crippen LogP contribution in [0.5, 0.6) is 0 Å². The Bertz CT molecular complexity index is 301. The van der Waals surface area contributed by atoms with E-state index in [0.29, 0.717) is 10.8 Å². The Morgan fingerprint density at radius 2 is 1.09 bits per heavy atom. The monoisotopic (exact) mass is 323 g/mol. The highest BCUT2D eigenvalue weighted by Crippen LogP contribution is 2.39. The van der Waals surface area contributed by atoms with Crippen LogP contribution in [0.25, 0.3) is 0 Å². The molecule has 0 aliphatic heterocycles. The summed E-state index contributed by atoms with van der Waals surface area (Å²) in [7, 11) is 0. The second kappa shape index (κ2) is 8.88. The van der Waals surface area contributed by atoms with Crippen molar-refractivity contribution in [2.24, 2.45) is 22.5 Å². The van der Waals surface area contributed by atoms with Gasteiger partial charge in [0.15, 0.2) is 0 Å². The maximum absolute atomic E-state index is 6.58. The summed E-state index contributed by atoms with van der Waals surface area (Å²) in [6.07, 6.45) is 16.1. The van der Waals surface area contributed by atoms with Gasteiger partial charge in [0.2, 0.25) is 0 Å². The van der Waals surface area contributed by atoms with E-state index >= 15 is 0 Å². The van der Waals surface area contributed by atoms with Crippen LogP contribution in [-0.2, 0) is 0 Å². The van der Waals surface area contributed by atoms with Crippen LogP contribution < -0.4 is 5.73 Å². The van der Waals surface area contributed by atoms with Crippen molar-refractivity contribution in [3.63, 3.8) is 0 Å². The second-order valence-electron chi connectivity index (χ2n) is 10.2. The predicted molar refractivity (Wildman–Crippen MR) is 105 cm³/mol. The van der Waals surface area contributed by atoms with E-state index in [9.17, 15) is 0 Å². The SMILES string of the molecule is CC(C)C1(C)CCCCCC(C)(C)CCC(C)(N)CCCCC1. The highest BCUT2D eigenvalue weighted by atomic mass is 14.7. The van der Waals surface area contributed by atoms with Crippen molar-refractivity contribution in [1.82, 2.24) is 0 Å². The topological polar surface area (TPSA) is 26.0 Å². The average molecular weight is 324 g/mol. The van der Waals surface area contributed by atoms with Crippen LogP contribution >= 0.6 is 0 Å². The Labute approximate surface area is 147 Å². The summed E-state index contributed by atoms with van der Waals surface area (Å²) in [6, 6.07) is 0. The average Bonchev–Trinajstić information content (AvgIpc) is 2.44. The van der Waals surface area contributed by atoms with Gasteiger partial charge in [0.05, 0.1) is 0 Å². The molecule has 1 heteroatoms. The van der Waals surface area contributed by atoms with Crippen LogP contribution in [0.2, 0.25) is 0 Å². The van der Waals surface area contributed by atoms with E-state index in [2.05, 4.69) is 41.5 Å². The molecular formula is C22H45N. The van der Waals surface area contributed by atoms with Gasteiger partial charge >= 0.3 is 0 Å². The number of hydrogen-bond acceptors (Lipinski definition) is 1. The molecule has 0 amide bonds. The molecule has 0 heterocycles. The Hall–Kier alpha value is -0.0400. The molecule has 1 aliphatic carbocycles. The summed E-state index contributed by atoms with van der Waals surface area (Å²) < 4.78 is 0. The smallest absolute Gasteiger partial charge is 0.0126 e. The summed E-state index contributed by atoms with van der Waals surface area (Å²) >= 11 is 0. The molecule has 1 aliphatic rings.